The summed E-state index contributed by atoms with van der Waals surface area (Å²) in [7, 11) is 0. The third kappa shape index (κ3) is 2.81. The van der Waals surface area contributed by atoms with Crippen molar-refractivity contribution in [3.05, 3.63) is 29.8 Å². The van der Waals surface area contributed by atoms with E-state index in [2.05, 4.69) is 10.3 Å². The lowest BCUT2D eigenvalue weighted by atomic mass is 10.3. The molecular formula is C8H7FN2O3. The van der Waals surface area contributed by atoms with Crippen molar-refractivity contribution in [2.75, 3.05) is 6.54 Å². The van der Waals surface area contributed by atoms with Crippen molar-refractivity contribution in [3.63, 3.8) is 0 Å². The van der Waals surface area contributed by atoms with E-state index in [0.29, 0.717) is 0 Å². The van der Waals surface area contributed by atoms with Crippen molar-refractivity contribution < 1.29 is 19.1 Å². The van der Waals surface area contributed by atoms with Crippen molar-refractivity contribution in [1.82, 2.24) is 10.3 Å². The van der Waals surface area contributed by atoms with E-state index in [-0.39, 0.29) is 5.69 Å². The van der Waals surface area contributed by atoms with Crippen LogP contribution in [0, 0.1) is 5.95 Å². The highest BCUT2D eigenvalue weighted by molar-refractivity contribution is 5.93. The number of nitrogens with one attached hydrogen (secondary N) is 1. The zero-order chi connectivity index (χ0) is 10.6. The zero-order valence-corrected chi connectivity index (χ0v) is 7.03. The molecule has 0 aliphatic rings. The smallest absolute Gasteiger partial charge is 0.322 e. The average molecular weight is 198 g/mol. The van der Waals surface area contributed by atoms with Crippen LogP contribution >= 0.6 is 0 Å². The molecule has 6 heteroatoms. The van der Waals surface area contributed by atoms with E-state index >= 15 is 0 Å². The van der Waals surface area contributed by atoms with Gasteiger partial charge in [-0.1, -0.05) is 6.07 Å². The lowest BCUT2D eigenvalue weighted by Gasteiger charge is -2.00. The molecule has 0 aliphatic heterocycles. The molecule has 0 saturated carbocycles. The summed E-state index contributed by atoms with van der Waals surface area (Å²) in [4.78, 5) is 24.5. The molecule has 14 heavy (non-hydrogen) atoms. The molecule has 0 aliphatic carbocycles. The molecule has 0 radical (unpaired) electrons. The predicted molar refractivity (Wildman–Crippen MR) is 44.2 cm³/mol. The Morgan fingerprint density at radius 2 is 2.21 bits per heavy atom. The van der Waals surface area contributed by atoms with Crippen molar-refractivity contribution in [2.45, 2.75) is 0 Å². The number of amides is 1. The van der Waals surface area contributed by atoms with Crippen LogP contribution in [0.2, 0.25) is 0 Å². The summed E-state index contributed by atoms with van der Waals surface area (Å²) >= 11 is 0. The Kier molecular flexibility index (Phi) is 3.11. The highest BCUT2D eigenvalue weighted by atomic mass is 19.1. The van der Waals surface area contributed by atoms with Gasteiger partial charge in [0.2, 0.25) is 5.95 Å². The summed E-state index contributed by atoms with van der Waals surface area (Å²) in [5.41, 5.74) is -0.147. The number of aromatic nitrogens is 1. The first-order chi connectivity index (χ1) is 6.59. The van der Waals surface area contributed by atoms with Crippen LogP contribution in [0.3, 0.4) is 0 Å². The molecule has 74 valence electrons. The Balaban J connectivity index is 2.65. The van der Waals surface area contributed by atoms with Crippen LogP contribution in [0.5, 0.6) is 0 Å². The number of hydrogen-bond acceptors (Lipinski definition) is 3. The molecule has 1 amide bonds. The third-order valence-electron chi connectivity index (χ3n) is 1.35. The number of carboxylic acid groups (broad SMARTS) is 1. The fraction of sp³-hybridized carbons (Fsp3) is 0.125. The van der Waals surface area contributed by atoms with E-state index in [1.807, 2.05) is 0 Å². The van der Waals surface area contributed by atoms with E-state index in [1.54, 1.807) is 0 Å². The van der Waals surface area contributed by atoms with E-state index in [9.17, 15) is 14.0 Å². The maximum atomic E-state index is 12.5. The molecule has 1 heterocycles. The minimum Gasteiger partial charge on any atom is -0.480 e. The first kappa shape index (κ1) is 10.1. The first-order valence-corrected chi connectivity index (χ1v) is 3.72. The molecule has 0 aromatic carbocycles. The molecular weight excluding hydrogens is 191 g/mol. The SMILES string of the molecule is O=C(O)CNC(=O)c1cccc(F)n1. The third-order valence-corrected chi connectivity index (χ3v) is 1.35. The molecule has 1 aromatic heterocycles. The van der Waals surface area contributed by atoms with E-state index in [0.717, 1.165) is 6.07 Å². The standard InChI is InChI=1S/C8H7FN2O3/c9-6-3-1-2-5(11-6)8(14)10-4-7(12)13/h1-3H,4H2,(H,10,14)(H,12,13). The number of aliphatic carboxylic acids is 1. The second kappa shape index (κ2) is 4.31. The zero-order valence-electron chi connectivity index (χ0n) is 7.03. The minimum atomic E-state index is -1.17. The summed E-state index contributed by atoms with van der Waals surface area (Å²) < 4.78 is 12.5. The van der Waals surface area contributed by atoms with Gasteiger partial charge in [-0.3, -0.25) is 9.59 Å². The second-order valence-corrected chi connectivity index (χ2v) is 2.42. The van der Waals surface area contributed by atoms with Crippen LogP contribution in [0.4, 0.5) is 4.39 Å². The lowest BCUT2D eigenvalue weighted by molar-refractivity contribution is -0.135. The van der Waals surface area contributed by atoms with Crippen molar-refractivity contribution >= 4 is 11.9 Å². The molecule has 1 rings (SSSR count). The molecule has 0 fully saturated rings. The van der Waals surface area contributed by atoms with Gasteiger partial charge in [0.05, 0.1) is 0 Å². The highest BCUT2D eigenvalue weighted by Gasteiger charge is 2.08. The summed E-state index contributed by atoms with van der Waals surface area (Å²) in [6.07, 6.45) is 0. The Bertz CT molecular complexity index is 367. The van der Waals surface area contributed by atoms with Crippen molar-refractivity contribution in [2.24, 2.45) is 0 Å². The van der Waals surface area contributed by atoms with Gasteiger partial charge in [0, 0.05) is 0 Å². The van der Waals surface area contributed by atoms with Crippen molar-refractivity contribution in [3.8, 4) is 0 Å². The van der Waals surface area contributed by atoms with Gasteiger partial charge in [0.25, 0.3) is 5.91 Å². The Morgan fingerprint density at radius 3 is 2.79 bits per heavy atom. The van der Waals surface area contributed by atoms with Crippen LogP contribution in [0.15, 0.2) is 18.2 Å². The molecule has 2 N–H and O–H groups in total. The summed E-state index contributed by atoms with van der Waals surface area (Å²) in [6.45, 7) is -0.517. The number of rotatable bonds is 3. The van der Waals surface area contributed by atoms with Gasteiger partial charge in [0.15, 0.2) is 0 Å². The predicted octanol–water partition coefficient (Wildman–Crippen LogP) is 0.0351. The second-order valence-electron chi connectivity index (χ2n) is 2.42. The van der Waals surface area contributed by atoms with Gasteiger partial charge < -0.3 is 10.4 Å². The topological polar surface area (TPSA) is 79.3 Å². The summed E-state index contributed by atoms with van der Waals surface area (Å²) in [5.74, 6) is -2.67. The first-order valence-electron chi connectivity index (χ1n) is 3.72. The fourth-order valence-electron chi connectivity index (χ4n) is 0.781. The Morgan fingerprint density at radius 1 is 1.50 bits per heavy atom. The van der Waals surface area contributed by atoms with Gasteiger partial charge in [-0.05, 0) is 12.1 Å². The molecule has 1 aromatic rings. The Hall–Kier alpha value is -1.98. The maximum Gasteiger partial charge on any atom is 0.322 e. The largest absolute Gasteiger partial charge is 0.480 e. The fourth-order valence-corrected chi connectivity index (χ4v) is 0.781. The molecule has 5 nitrogen and oxygen atoms in total. The summed E-state index contributed by atoms with van der Waals surface area (Å²) in [6, 6.07) is 3.70. The number of nitrogens with zero attached hydrogens (tertiary/aromatic N) is 1. The van der Waals surface area contributed by atoms with Crippen LogP contribution in [0.25, 0.3) is 0 Å². The number of carbonyl (C=O) groups is 2. The van der Waals surface area contributed by atoms with Crippen LogP contribution in [-0.4, -0.2) is 28.5 Å². The van der Waals surface area contributed by atoms with E-state index in [4.69, 9.17) is 5.11 Å². The van der Waals surface area contributed by atoms with Gasteiger partial charge in [0.1, 0.15) is 12.2 Å². The lowest BCUT2D eigenvalue weighted by Crippen LogP contribution is -2.29. The number of halogens is 1. The number of carbonyl (C=O) groups excluding carboxylic acids is 1. The van der Waals surface area contributed by atoms with E-state index in [1.165, 1.54) is 12.1 Å². The summed E-state index contributed by atoms with van der Waals surface area (Å²) in [5, 5.41) is 10.3. The normalized spacial score (nSPS) is 9.50. The average Bonchev–Trinajstić information content (AvgIpc) is 2.14. The molecule has 0 spiro atoms. The van der Waals surface area contributed by atoms with Gasteiger partial charge in [-0.25, -0.2) is 4.98 Å². The quantitative estimate of drug-likeness (QED) is 0.672. The van der Waals surface area contributed by atoms with E-state index < -0.39 is 24.4 Å². The molecule has 0 unspecified atom stereocenters. The van der Waals surface area contributed by atoms with Crippen LogP contribution in [0.1, 0.15) is 10.5 Å². The maximum absolute atomic E-state index is 12.5. The molecule has 0 bridgehead atoms. The monoisotopic (exact) mass is 198 g/mol. The number of carboxylic acids is 1. The number of pyridine rings is 1. The molecule has 0 saturated heterocycles. The van der Waals surface area contributed by atoms with Gasteiger partial charge in [-0.2, -0.15) is 4.39 Å². The van der Waals surface area contributed by atoms with Crippen LogP contribution < -0.4 is 5.32 Å². The minimum absolute atomic E-state index is 0.147. The number of hydrogen-bond donors (Lipinski definition) is 2. The van der Waals surface area contributed by atoms with Crippen LogP contribution in [-0.2, 0) is 4.79 Å². The van der Waals surface area contributed by atoms with Gasteiger partial charge in [-0.15, -0.1) is 0 Å². The highest BCUT2D eigenvalue weighted by Crippen LogP contribution is 1.96. The Labute approximate surface area is 78.6 Å². The molecule has 0 atom stereocenters. The van der Waals surface area contributed by atoms with Gasteiger partial charge >= 0.3 is 5.97 Å². The van der Waals surface area contributed by atoms with Crippen molar-refractivity contribution in [1.29, 1.82) is 0 Å².